The maximum atomic E-state index is 15.0. The van der Waals surface area contributed by atoms with Gasteiger partial charge in [0.2, 0.25) is 11.7 Å². The number of aliphatic hydroxyl groups excluding tert-OH is 2. The van der Waals surface area contributed by atoms with Gasteiger partial charge >= 0.3 is 0 Å². The molecule has 3 aromatic rings. The highest BCUT2D eigenvalue weighted by atomic mass is 19.1. The maximum absolute atomic E-state index is 15.0. The fraction of sp³-hybridized carbons (Fsp3) is 0.510. The predicted octanol–water partition coefficient (Wildman–Crippen LogP) is 9.70. The summed E-state index contributed by atoms with van der Waals surface area (Å²) >= 11 is 0. The van der Waals surface area contributed by atoms with Gasteiger partial charge in [-0.2, -0.15) is 0 Å². The number of amides is 1. The van der Waals surface area contributed by atoms with Gasteiger partial charge in [-0.25, -0.2) is 4.39 Å². The summed E-state index contributed by atoms with van der Waals surface area (Å²) in [5.41, 5.74) is 3.66. The monoisotopic (exact) mass is 866 g/mol. The number of rotatable bonds is 22. The van der Waals surface area contributed by atoms with Crippen LogP contribution in [0.15, 0.2) is 90.1 Å². The van der Waals surface area contributed by atoms with Crippen LogP contribution in [0.2, 0.25) is 0 Å². The lowest BCUT2D eigenvalue weighted by molar-refractivity contribution is -0.258. The largest absolute Gasteiger partial charge is 0.496 e. The molecule has 2 N–H and O–H groups in total. The molecule has 0 saturated heterocycles. The molecule has 2 saturated carbocycles. The zero-order valence-corrected chi connectivity index (χ0v) is 36.7. The molecule has 1 aliphatic heterocycles. The van der Waals surface area contributed by atoms with E-state index in [9.17, 15) is 19.4 Å². The van der Waals surface area contributed by atoms with Gasteiger partial charge in [-0.15, -0.1) is 6.58 Å². The molecule has 1 heterocycles. The Balaban J connectivity index is 1.42. The van der Waals surface area contributed by atoms with Crippen LogP contribution in [-0.2, 0) is 20.9 Å². The molecule has 0 bridgehead atoms. The molecule has 1 amide bonds. The minimum atomic E-state index is -1.43. The van der Waals surface area contributed by atoms with E-state index in [1.165, 1.54) is 39.2 Å². The number of methoxy groups -OCH3 is 1. The molecule has 2 fully saturated rings. The van der Waals surface area contributed by atoms with Gasteiger partial charge in [0, 0.05) is 44.1 Å². The molecule has 338 valence electrons. The molecule has 0 unspecified atom stereocenters. The normalized spacial score (nSPS) is 24.4. The summed E-state index contributed by atoms with van der Waals surface area (Å²) in [5, 5.41) is 24.6. The minimum Gasteiger partial charge on any atom is -0.496 e. The summed E-state index contributed by atoms with van der Waals surface area (Å²) in [5.74, 6) is 0.00840. The maximum Gasteiger partial charge on any atom is 0.239 e. The first-order valence-electron chi connectivity index (χ1n) is 22.7. The van der Waals surface area contributed by atoms with Gasteiger partial charge in [-0.3, -0.25) is 9.59 Å². The Kier molecular flexibility index (Phi) is 15.7. The zero-order chi connectivity index (χ0) is 44.3. The number of hydrogen-bond acceptors (Lipinski definition) is 10. The first-order chi connectivity index (χ1) is 30.8. The molecule has 0 aromatic heterocycles. The van der Waals surface area contributed by atoms with E-state index in [-0.39, 0.29) is 62.3 Å². The van der Waals surface area contributed by atoms with E-state index in [0.717, 1.165) is 67.9 Å². The number of aldehydes is 1. The SMILES string of the molecule is C=CCO[C@@]12Oc3ccc(Oc4ccc(OC)c(C=O)c4)cc3[C@H]3[C@H](CCCCO)[C@@H](CCCCO)C=C(C(=NOC)C[C@@H]1N(Cc1ccc(F)cc1)C(=O)CCC1CCCC1)[C@H]32. The highest BCUT2D eigenvalue weighted by molar-refractivity contribution is 6.03. The number of benzene rings is 3. The van der Waals surface area contributed by atoms with Crippen molar-refractivity contribution in [3.8, 4) is 23.0 Å². The average molecular weight is 867 g/mol. The topological polar surface area (TPSA) is 136 Å². The molecule has 0 radical (unpaired) electrons. The second-order valence-corrected chi connectivity index (χ2v) is 17.4. The second-order valence-electron chi connectivity index (χ2n) is 17.4. The van der Waals surface area contributed by atoms with Crippen molar-refractivity contribution in [3.05, 3.63) is 107 Å². The number of fused-ring (bicyclic) bond motifs is 2. The number of oxime groups is 1. The Bertz CT molecular complexity index is 2100. The Labute approximate surface area is 370 Å². The van der Waals surface area contributed by atoms with Crippen LogP contribution < -0.4 is 14.2 Å². The summed E-state index contributed by atoms with van der Waals surface area (Å²) in [6, 6.07) is 16.4. The van der Waals surface area contributed by atoms with Gasteiger partial charge in [0.1, 0.15) is 42.0 Å². The summed E-state index contributed by atoms with van der Waals surface area (Å²) in [7, 11) is 3.04. The summed E-state index contributed by atoms with van der Waals surface area (Å²) in [4.78, 5) is 34.5. The van der Waals surface area contributed by atoms with Crippen molar-refractivity contribution in [1.29, 1.82) is 0 Å². The minimum absolute atomic E-state index is 0.0161. The first kappa shape index (κ1) is 46.0. The molecule has 6 atom stereocenters. The number of halogens is 1. The van der Waals surface area contributed by atoms with E-state index in [2.05, 4.69) is 12.7 Å². The molecule has 11 nitrogen and oxygen atoms in total. The number of carbonyl (C=O) groups is 2. The zero-order valence-electron chi connectivity index (χ0n) is 36.7. The molecule has 3 aromatic carbocycles. The quantitative estimate of drug-likeness (QED) is 0.0438. The van der Waals surface area contributed by atoms with Crippen molar-refractivity contribution in [2.45, 2.75) is 108 Å². The van der Waals surface area contributed by atoms with Crippen molar-refractivity contribution < 1.29 is 48.0 Å². The number of aliphatic hydroxyl groups is 2. The predicted molar refractivity (Wildman–Crippen MR) is 239 cm³/mol. The van der Waals surface area contributed by atoms with Gasteiger partial charge in [0.25, 0.3) is 0 Å². The molecule has 4 aliphatic rings. The lowest BCUT2D eigenvalue weighted by Gasteiger charge is -2.60. The van der Waals surface area contributed by atoms with Crippen molar-refractivity contribution in [1.82, 2.24) is 4.90 Å². The van der Waals surface area contributed by atoms with Crippen molar-refractivity contribution in [3.63, 3.8) is 0 Å². The Morgan fingerprint density at radius 2 is 1.70 bits per heavy atom. The fourth-order valence-electron chi connectivity index (χ4n) is 10.8. The first-order valence-corrected chi connectivity index (χ1v) is 22.7. The van der Waals surface area contributed by atoms with Gasteiger partial charge in [-0.1, -0.05) is 68.0 Å². The van der Waals surface area contributed by atoms with Gasteiger partial charge in [0.15, 0.2) is 6.29 Å². The van der Waals surface area contributed by atoms with Crippen LogP contribution in [0.5, 0.6) is 23.0 Å². The number of unbranched alkanes of at least 4 members (excludes halogenated alkanes) is 2. The lowest BCUT2D eigenvalue weighted by atomic mass is 9.55. The second kappa shape index (κ2) is 21.6. The summed E-state index contributed by atoms with van der Waals surface area (Å²) < 4.78 is 40.7. The van der Waals surface area contributed by atoms with Crippen molar-refractivity contribution >= 4 is 17.9 Å². The highest BCUT2D eigenvalue weighted by Crippen LogP contribution is 2.62. The third-order valence-electron chi connectivity index (χ3n) is 13.6. The highest BCUT2D eigenvalue weighted by Gasteiger charge is 2.65. The molecule has 7 rings (SSSR count). The van der Waals surface area contributed by atoms with Crippen LogP contribution in [0, 0.1) is 29.5 Å². The lowest BCUT2D eigenvalue weighted by Crippen LogP contribution is -2.70. The Morgan fingerprint density at radius 3 is 2.40 bits per heavy atom. The fourth-order valence-corrected chi connectivity index (χ4v) is 10.8. The Morgan fingerprint density at radius 1 is 0.968 bits per heavy atom. The summed E-state index contributed by atoms with van der Waals surface area (Å²) in [6.45, 7) is 4.53. The van der Waals surface area contributed by atoms with Crippen LogP contribution in [0.4, 0.5) is 4.39 Å². The molecule has 0 spiro atoms. The molecule has 12 heteroatoms. The molecular weight excluding hydrogens is 804 g/mol. The number of allylic oxidation sites excluding steroid dienone is 1. The molecule has 63 heavy (non-hydrogen) atoms. The van der Waals surface area contributed by atoms with Gasteiger partial charge in [-0.05, 0) is 110 Å². The van der Waals surface area contributed by atoms with Gasteiger partial charge < -0.3 is 38.9 Å². The molecular formula is C51H63FN2O9. The van der Waals surface area contributed by atoms with Crippen LogP contribution in [-0.4, -0.2) is 78.9 Å². The van der Waals surface area contributed by atoms with E-state index >= 15 is 4.79 Å². The van der Waals surface area contributed by atoms with E-state index in [0.29, 0.717) is 59.5 Å². The van der Waals surface area contributed by atoms with E-state index < -0.39 is 17.7 Å². The Hall–Kier alpha value is -5.04. The van der Waals surface area contributed by atoms with Crippen LogP contribution >= 0.6 is 0 Å². The standard InChI is InChI=1S/C51H63FN2O9/c1-4-27-61-51-47(54(32-35-15-18-38(52)19-16-35)48(58)24-17-34-11-5-6-12-34)31-44(53-60-3)42-29-36(13-7-9-25-55)41(14-8-10-26-56)49(50(42)51)43-30-40(21-23-46(43)63-51)62-39-20-22-45(59-2)37(28-39)33-57/h4,15-16,18-23,28-30,33-34,36,41,47,49-50,55-56H,1,5-14,17,24-27,31-32H2,2-3H3/t36-,41+,47-,49+,50+,51+/m0/s1. The van der Waals surface area contributed by atoms with E-state index in [1.807, 2.05) is 23.1 Å². The van der Waals surface area contributed by atoms with Gasteiger partial charge in [0.05, 0.1) is 30.9 Å². The average Bonchev–Trinajstić information content (AvgIpc) is 3.83. The number of carbonyl (C=O) groups excluding carboxylic acids is 2. The van der Waals surface area contributed by atoms with Crippen LogP contribution in [0.1, 0.15) is 111 Å². The van der Waals surface area contributed by atoms with E-state index in [4.69, 9.17) is 28.9 Å². The smallest absolute Gasteiger partial charge is 0.239 e. The van der Waals surface area contributed by atoms with Crippen molar-refractivity contribution in [2.75, 3.05) is 34.0 Å². The van der Waals surface area contributed by atoms with Crippen LogP contribution in [0.25, 0.3) is 0 Å². The third kappa shape index (κ3) is 10.2. The van der Waals surface area contributed by atoms with Crippen LogP contribution in [0.3, 0.4) is 0 Å². The van der Waals surface area contributed by atoms with E-state index in [1.54, 1.807) is 36.4 Å². The third-order valence-corrected chi connectivity index (χ3v) is 13.6. The van der Waals surface area contributed by atoms with Crippen molar-refractivity contribution in [2.24, 2.45) is 28.8 Å². The molecule has 3 aliphatic carbocycles. The number of nitrogens with zero attached hydrogens (tertiary/aromatic N) is 2. The number of hydrogen-bond donors (Lipinski definition) is 2. The summed E-state index contributed by atoms with van der Waals surface area (Å²) in [6.07, 6.45) is 15.2. The number of ether oxygens (including phenoxy) is 4.